The molecular weight excluding hydrogens is 254 g/mol. The van der Waals surface area contributed by atoms with Crippen molar-refractivity contribution in [3.05, 3.63) is 70.3 Å². The zero-order chi connectivity index (χ0) is 14.8. The van der Waals surface area contributed by atoms with Crippen LogP contribution in [0.1, 0.15) is 40.8 Å². The minimum absolute atomic E-state index is 0.461. The van der Waals surface area contributed by atoms with Crippen molar-refractivity contribution in [3.63, 3.8) is 0 Å². The first-order chi connectivity index (χ1) is 10.2. The van der Waals surface area contributed by atoms with Gasteiger partial charge in [0.15, 0.2) is 0 Å². The molecule has 1 unspecified atom stereocenters. The van der Waals surface area contributed by atoms with Crippen LogP contribution in [0.3, 0.4) is 0 Å². The Balaban J connectivity index is 1.89. The second-order valence-corrected chi connectivity index (χ2v) is 6.33. The van der Waals surface area contributed by atoms with Crippen LogP contribution in [0.2, 0.25) is 0 Å². The van der Waals surface area contributed by atoms with E-state index in [2.05, 4.69) is 68.6 Å². The zero-order valence-electron chi connectivity index (χ0n) is 13.3. The van der Waals surface area contributed by atoms with E-state index in [0.29, 0.717) is 12.0 Å². The summed E-state index contributed by atoms with van der Waals surface area (Å²) >= 11 is 0. The lowest BCUT2D eigenvalue weighted by Gasteiger charge is -2.26. The van der Waals surface area contributed by atoms with Gasteiger partial charge in [0.05, 0.1) is 0 Å². The number of nitrogens with one attached hydrogen (secondary N) is 1. The van der Waals surface area contributed by atoms with Crippen molar-refractivity contribution >= 4 is 0 Å². The number of aryl methyl sites for hydroxylation is 2. The molecule has 0 radical (unpaired) electrons. The molecule has 1 N–H and O–H groups in total. The first-order valence-electron chi connectivity index (χ1n) is 8.06. The largest absolute Gasteiger partial charge is 0.310 e. The summed E-state index contributed by atoms with van der Waals surface area (Å²) < 4.78 is 0. The Labute approximate surface area is 128 Å². The van der Waals surface area contributed by atoms with E-state index in [1.54, 1.807) is 0 Å². The van der Waals surface area contributed by atoms with Gasteiger partial charge in [-0.3, -0.25) is 0 Å². The summed E-state index contributed by atoms with van der Waals surface area (Å²) in [4.78, 5) is 0. The second-order valence-electron chi connectivity index (χ2n) is 6.33. The minimum Gasteiger partial charge on any atom is -0.310 e. The van der Waals surface area contributed by atoms with Crippen molar-refractivity contribution < 1.29 is 0 Å². The first-order valence-corrected chi connectivity index (χ1v) is 8.06. The lowest BCUT2D eigenvalue weighted by Crippen LogP contribution is -2.29. The third-order valence-corrected chi connectivity index (χ3v) is 4.74. The van der Waals surface area contributed by atoms with Gasteiger partial charge in [0.1, 0.15) is 0 Å². The Morgan fingerprint density at radius 1 is 1.05 bits per heavy atom. The number of hydrogen-bond donors (Lipinski definition) is 1. The predicted octanol–water partition coefficient (Wildman–Crippen LogP) is 4.37. The molecule has 0 saturated heterocycles. The van der Waals surface area contributed by atoms with Crippen molar-refractivity contribution in [3.8, 4) is 0 Å². The molecule has 1 aliphatic rings. The van der Waals surface area contributed by atoms with E-state index >= 15 is 0 Å². The van der Waals surface area contributed by atoms with E-state index < -0.39 is 0 Å². The quantitative estimate of drug-likeness (QED) is 0.876. The topological polar surface area (TPSA) is 12.0 Å². The van der Waals surface area contributed by atoms with Gasteiger partial charge in [0.2, 0.25) is 0 Å². The smallest absolute Gasteiger partial charge is 0.0357 e. The van der Waals surface area contributed by atoms with Crippen LogP contribution in [0.4, 0.5) is 0 Å². The average molecular weight is 279 g/mol. The van der Waals surface area contributed by atoms with Crippen molar-refractivity contribution in [2.75, 3.05) is 6.54 Å². The van der Waals surface area contributed by atoms with Crippen LogP contribution in [-0.2, 0) is 12.8 Å². The Bertz CT molecular complexity index is 604. The summed E-state index contributed by atoms with van der Waals surface area (Å²) in [6.45, 7) is 7.64. The Hall–Kier alpha value is -1.60. The molecule has 0 aromatic heterocycles. The lowest BCUT2D eigenvalue weighted by atomic mass is 9.87. The number of benzene rings is 2. The molecule has 2 aromatic carbocycles. The lowest BCUT2D eigenvalue weighted by molar-refractivity contribution is 0.379. The van der Waals surface area contributed by atoms with Gasteiger partial charge >= 0.3 is 0 Å². The molecule has 21 heavy (non-hydrogen) atoms. The summed E-state index contributed by atoms with van der Waals surface area (Å²) in [6, 6.07) is 16.3. The number of hydrogen-bond acceptors (Lipinski definition) is 1. The van der Waals surface area contributed by atoms with Crippen LogP contribution < -0.4 is 5.32 Å². The highest BCUT2D eigenvalue weighted by molar-refractivity contribution is 5.37. The van der Waals surface area contributed by atoms with Crippen molar-refractivity contribution in [1.82, 2.24) is 5.32 Å². The molecule has 2 aromatic rings. The second kappa shape index (κ2) is 6.03. The van der Waals surface area contributed by atoms with Crippen LogP contribution in [0.25, 0.3) is 0 Å². The molecule has 1 atom stereocenters. The van der Waals surface area contributed by atoms with Crippen molar-refractivity contribution in [2.45, 2.75) is 39.7 Å². The fraction of sp³-hybridized carbons (Fsp3) is 0.400. The van der Waals surface area contributed by atoms with Crippen molar-refractivity contribution in [2.24, 2.45) is 5.92 Å². The maximum absolute atomic E-state index is 3.74. The average Bonchev–Trinajstić information content (AvgIpc) is 2.89. The Morgan fingerprint density at radius 3 is 2.29 bits per heavy atom. The monoisotopic (exact) mass is 279 g/mol. The first kappa shape index (κ1) is 14.3. The highest BCUT2D eigenvalue weighted by Gasteiger charge is 2.29. The van der Waals surface area contributed by atoms with E-state index in [9.17, 15) is 0 Å². The highest BCUT2D eigenvalue weighted by Crippen LogP contribution is 2.36. The van der Waals surface area contributed by atoms with Gasteiger partial charge in [0, 0.05) is 6.04 Å². The molecule has 3 rings (SSSR count). The van der Waals surface area contributed by atoms with Gasteiger partial charge in [-0.15, -0.1) is 0 Å². The molecule has 0 spiro atoms. The molecule has 1 nitrogen and oxygen atoms in total. The predicted molar refractivity (Wildman–Crippen MR) is 89.7 cm³/mol. The maximum atomic E-state index is 3.74. The summed E-state index contributed by atoms with van der Waals surface area (Å²) in [5, 5.41) is 3.74. The summed E-state index contributed by atoms with van der Waals surface area (Å²) in [6.07, 6.45) is 2.39. The van der Waals surface area contributed by atoms with Gasteiger partial charge < -0.3 is 5.32 Å². The summed E-state index contributed by atoms with van der Waals surface area (Å²) in [5.41, 5.74) is 7.31. The molecule has 0 bridgehead atoms. The molecule has 0 fully saturated rings. The Morgan fingerprint density at radius 2 is 1.71 bits per heavy atom. The number of fused-ring (bicyclic) bond motifs is 1. The van der Waals surface area contributed by atoms with E-state index in [1.807, 2.05) is 0 Å². The summed E-state index contributed by atoms with van der Waals surface area (Å²) in [7, 11) is 0. The fourth-order valence-electron chi connectivity index (χ4n) is 3.75. The zero-order valence-corrected chi connectivity index (χ0v) is 13.3. The van der Waals surface area contributed by atoms with E-state index in [1.165, 1.54) is 40.7 Å². The van der Waals surface area contributed by atoms with Gasteiger partial charge in [0.25, 0.3) is 0 Å². The van der Waals surface area contributed by atoms with Crippen LogP contribution in [0.5, 0.6) is 0 Å². The van der Waals surface area contributed by atoms with Crippen LogP contribution in [-0.4, -0.2) is 6.54 Å². The van der Waals surface area contributed by atoms with Gasteiger partial charge in [-0.1, -0.05) is 55.0 Å². The molecular formula is C20H25N. The Kier molecular flexibility index (Phi) is 4.12. The normalized spacial score (nSPS) is 16.0. The molecule has 1 heteroatoms. The summed E-state index contributed by atoms with van der Waals surface area (Å²) in [5.74, 6) is 0.670. The van der Waals surface area contributed by atoms with Crippen molar-refractivity contribution in [1.29, 1.82) is 0 Å². The maximum Gasteiger partial charge on any atom is 0.0357 e. The van der Waals surface area contributed by atoms with Gasteiger partial charge in [-0.2, -0.15) is 0 Å². The van der Waals surface area contributed by atoms with Gasteiger partial charge in [-0.05, 0) is 61.4 Å². The minimum atomic E-state index is 0.461. The molecule has 1 aliphatic carbocycles. The molecule has 0 heterocycles. The number of rotatable bonds is 4. The van der Waals surface area contributed by atoms with Gasteiger partial charge in [-0.25, -0.2) is 0 Å². The third-order valence-electron chi connectivity index (χ3n) is 4.74. The van der Waals surface area contributed by atoms with E-state index in [-0.39, 0.29) is 0 Å². The molecule has 0 amide bonds. The molecule has 0 aliphatic heterocycles. The fourth-order valence-corrected chi connectivity index (χ4v) is 3.75. The molecule has 110 valence electrons. The standard InChI is InChI=1S/C20H25N/c1-4-21-20(19-10-9-14(2)11-15(19)3)18-12-16-7-5-6-8-17(16)13-18/h5-11,18,20-21H,4,12-13H2,1-3H3. The highest BCUT2D eigenvalue weighted by atomic mass is 14.9. The SMILES string of the molecule is CCNC(c1ccc(C)cc1C)C1Cc2ccccc2C1. The van der Waals surface area contributed by atoms with Crippen LogP contribution >= 0.6 is 0 Å². The van der Waals surface area contributed by atoms with E-state index in [0.717, 1.165) is 6.54 Å². The third kappa shape index (κ3) is 2.89. The van der Waals surface area contributed by atoms with E-state index in [4.69, 9.17) is 0 Å². The van der Waals surface area contributed by atoms with Crippen LogP contribution in [0.15, 0.2) is 42.5 Å². The molecule has 0 saturated carbocycles. The van der Waals surface area contributed by atoms with Crippen LogP contribution in [0, 0.1) is 19.8 Å².